The Morgan fingerprint density at radius 2 is 2.00 bits per heavy atom. The number of aromatic nitrogens is 2. The number of rotatable bonds is 5. The molecule has 0 bridgehead atoms. The fourth-order valence-corrected chi connectivity index (χ4v) is 1.54. The molecular weight excluding hydrogens is 252 g/mol. The minimum atomic E-state index is -0.282. The smallest absolute Gasteiger partial charge is 0.253 e. The second-order valence-electron chi connectivity index (χ2n) is 3.94. The maximum absolute atomic E-state index is 5.83. The Hall–Kier alpha value is -1.55. The summed E-state index contributed by atoms with van der Waals surface area (Å²) in [5, 5.41) is 7.40. The molecule has 96 valence electrons. The molecule has 1 aromatic carbocycles. The lowest BCUT2D eigenvalue weighted by molar-refractivity contribution is 0.259. The van der Waals surface area contributed by atoms with Gasteiger partial charge < -0.3 is 9.15 Å². The minimum absolute atomic E-state index is 0.252. The summed E-state index contributed by atoms with van der Waals surface area (Å²) in [4.78, 5) is 0. The van der Waals surface area contributed by atoms with Crippen molar-refractivity contribution in [2.75, 3.05) is 0 Å². The summed E-state index contributed by atoms with van der Waals surface area (Å²) in [6, 6.07) is 7.94. The van der Waals surface area contributed by atoms with Crippen LogP contribution in [-0.4, -0.2) is 10.2 Å². The standard InChI is InChI=1S/C13H15ClN2O2/c1-3-10-4-6-11(7-5-10)17-8-12-15-16-13(18-12)9(2)14/h4-7,9H,3,8H2,1-2H3. The van der Waals surface area contributed by atoms with E-state index in [0.717, 1.165) is 12.2 Å². The van der Waals surface area contributed by atoms with Gasteiger partial charge in [-0.15, -0.1) is 21.8 Å². The van der Waals surface area contributed by atoms with E-state index in [9.17, 15) is 0 Å². The number of halogens is 1. The molecule has 0 fully saturated rings. The molecule has 1 aromatic heterocycles. The number of aryl methyl sites for hydroxylation is 1. The van der Waals surface area contributed by atoms with Crippen LogP contribution in [0.25, 0.3) is 0 Å². The largest absolute Gasteiger partial charge is 0.484 e. The van der Waals surface area contributed by atoms with Gasteiger partial charge in [-0.1, -0.05) is 19.1 Å². The molecule has 0 amide bonds. The third-order valence-corrected chi connectivity index (χ3v) is 2.70. The van der Waals surface area contributed by atoms with Crippen molar-refractivity contribution in [3.8, 4) is 5.75 Å². The number of hydrogen-bond acceptors (Lipinski definition) is 4. The average Bonchev–Trinajstić information content (AvgIpc) is 2.86. The highest BCUT2D eigenvalue weighted by atomic mass is 35.5. The lowest BCUT2D eigenvalue weighted by Gasteiger charge is -2.03. The van der Waals surface area contributed by atoms with E-state index in [1.807, 2.05) is 24.3 Å². The van der Waals surface area contributed by atoms with Crippen LogP contribution >= 0.6 is 11.6 Å². The normalized spacial score (nSPS) is 12.4. The maximum atomic E-state index is 5.83. The molecule has 1 atom stereocenters. The molecule has 0 saturated heterocycles. The summed E-state index contributed by atoms with van der Waals surface area (Å²) < 4.78 is 10.9. The topological polar surface area (TPSA) is 48.2 Å². The monoisotopic (exact) mass is 266 g/mol. The lowest BCUT2D eigenvalue weighted by Crippen LogP contribution is -1.95. The fourth-order valence-electron chi connectivity index (χ4n) is 1.45. The van der Waals surface area contributed by atoms with Gasteiger partial charge in [-0.05, 0) is 31.0 Å². The first-order chi connectivity index (χ1) is 8.69. The summed E-state index contributed by atoms with van der Waals surface area (Å²) in [5.74, 6) is 1.62. The first-order valence-electron chi connectivity index (χ1n) is 5.87. The van der Waals surface area contributed by atoms with Crippen LogP contribution in [-0.2, 0) is 13.0 Å². The predicted octanol–water partition coefficient (Wildman–Crippen LogP) is 3.51. The number of ether oxygens (including phenoxy) is 1. The molecule has 0 spiro atoms. The molecule has 2 aromatic rings. The van der Waals surface area contributed by atoms with Crippen LogP contribution in [0.1, 0.15) is 36.6 Å². The van der Waals surface area contributed by atoms with Crippen LogP contribution in [0.15, 0.2) is 28.7 Å². The van der Waals surface area contributed by atoms with Crippen molar-refractivity contribution in [2.45, 2.75) is 32.3 Å². The zero-order valence-electron chi connectivity index (χ0n) is 10.4. The second-order valence-corrected chi connectivity index (χ2v) is 4.59. The molecule has 18 heavy (non-hydrogen) atoms. The van der Waals surface area contributed by atoms with E-state index in [4.69, 9.17) is 20.8 Å². The Kier molecular flexibility index (Phi) is 4.20. The van der Waals surface area contributed by atoms with Crippen LogP contribution < -0.4 is 4.74 Å². The molecule has 4 nitrogen and oxygen atoms in total. The third kappa shape index (κ3) is 3.23. The summed E-state index contributed by atoms with van der Waals surface area (Å²) >= 11 is 5.83. The highest BCUT2D eigenvalue weighted by Crippen LogP contribution is 2.18. The molecule has 1 unspecified atom stereocenters. The van der Waals surface area contributed by atoms with E-state index in [-0.39, 0.29) is 12.0 Å². The van der Waals surface area contributed by atoms with Crippen molar-refractivity contribution in [2.24, 2.45) is 0 Å². The minimum Gasteiger partial charge on any atom is -0.484 e. The van der Waals surface area contributed by atoms with Crippen molar-refractivity contribution in [1.82, 2.24) is 10.2 Å². The van der Waals surface area contributed by atoms with Crippen molar-refractivity contribution < 1.29 is 9.15 Å². The van der Waals surface area contributed by atoms with Crippen molar-refractivity contribution in [1.29, 1.82) is 0 Å². The molecule has 0 aliphatic carbocycles. The number of benzene rings is 1. The first-order valence-corrected chi connectivity index (χ1v) is 6.30. The van der Waals surface area contributed by atoms with Crippen LogP contribution in [0.5, 0.6) is 5.75 Å². The second kappa shape index (κ2) is 5.87. The Balaban J connectivity index is 1.93. The van der Waals surface area contributed by atoms with Gasteiger partial charge in [0, 0.05) is 0 Å². The average molecular weight is 267 g/mol. The van der Waals surface area contributed by atoms with Gasteiger partial charge >= 0.3 is 0 Å². The highest BCUT2D eigenvalue weighted by molar-refractivity contribution is 6.20. The van der Waals surface area contributed by atoms with E-state index in [2.05, 4.69) is 17.1 Å². The van der Waals surface area contributed by atoms with Gasteiger partial charge in [0.1, 0.15) is 11.1 Å². The van der Waals surface area contributed by atoms with E-state index in [1.165, 1.54) is 5.56 Å². The summed E-state index contributed by atoms with van der Waals surface area (Å²) in [5.41, 5.74) is 1.28. The van der Waals surface area contributed by atoms with Gasteiger partial charge in [0.2, 0.25) is 5.89 Å². The maximum Gasteiger partial charge on any atom is 0.253 e. The molecule has 0 aliphatic rings. The zero-order chi connectivity index (χ0) is 13.0. The van der Waals surface area contributed by atoms with Gasteiger partial charge in [-0.3, -0.25) is 0 Å². The molecule has 0 aliphatic heterocycles. The van der Waals surface area contributed by atoms with Crippen molar-refractivity contribution in [3.05, 3.63) is 41.6 Å². The number of nitrogens with zero attached hydrogens (tertiary/aromatic N) is 2. The quantitative estimate of drug-likeness (QED) is 0.777. The van der Waals surface area contributed by atoms with Gasteiger partial charge in [0.05, 0.1) is 0 Å². The Morgan fingerprint density at radius 1 is 1.28 bits per heavy atom. The zero-order valence-corrected chi connectivity index (χ0v) is 11.1. The van der Waals surface area contributed by atoms with Gasteiger partial charge in [-0.2, -0.15) is 0 Å². The Labute approximate surface area is 111 Å². The first kappa shape index (κ1) is 12.9. The van der Waals surface area contributed by atoms with Crippen LogP contribution in [0.4, 0.5) is 0 Å². The van der Waals surface area contributed by atoms with Gasteiger partial charge in [0.25, 0.3) is 5.89 Å². The number of alkyl halides is 1. The number of hydrogen-bond donors (Lipinski definition) is 0. The van der Waals surface area contributed by atoms with Crippen LogP contribution in [0.3, 0.4) is 0 Å². The molecule has 5 heteroatoms. The van der Waals surface area contributed by atoms with Gasteiger partial charge in [-0.25, -0.2) is 0 Å². The molecule has 1 heterocycles. The molecule has 0 N–H and O–H groups in total. The van der Waals surface area contributed by atoms with Crippen molar-refractivity contribution >= 4 is 11.6 Å². The summed E-state index contributed by atoms with van der Waals surface area (Å²) in [6.45, 7) is 4.15. The van der Waals surface area contributed by atoms with E-state index >= 15 is 0 Å². The van der Waals surface area contributed by atoms with E-state index in [1.54, 1.807) is 6.92 Å². The SMILES string of the molecule is CCc1ccc(OCc2nnc(C(C)Cl)o2)cc1. The highest BCUT2D eigenvalue weighted by Gasteiger charge is 2.11. The van der Waals surface area contributed by atoms with Crippen LogP contribution in [0.2, 0.25) is 0 Å². The fraction of sp³-hybridized carbons (Fsp3) is 0.385. The predicted molar refractivity (Wildman–Crippen MR) is 68.7 cm³/mol. The molecule has 0 saturated carbocycles. The molecule has 2 rings (SSSR count). The van der Waals surface area contributed by atoms with Gasteiger partial charge in [0.15, 0.2) is 6.61 Å². The summed E-state index contributed by atoms with van der Waals surface area (Å²) in [7, 11) is 0. The lowest BCUT2D eigenvalue weighted by atomic mass is 10.2. The molecular formula is C13H15ClN2O2. The van der Waals surface area contributed by atoms with E-state index < -0.39 is 0 Å². The van der Waals surface area contributed by atoms with Crippen LogP contribution in [0, 0.1) is 0 Å². The Morgan fingerprint density at radius 3 is 2.56 bits per heavy atom. The Bertz CT molecular complexity index is 494. The van der Waals surface area contributed by atoms with E-state index in [0.29, 0.717) is 11.8 Å². The molecule has 0 radical (unpaired) electrons. The van der Waals surface area contributed by atoms with Crippen molar-refractivity contribution in [3.63, 3.8) is 0 Å². The summed E-state index contributed by atoms with van der Waals surface area (Å²) in [6.07, 6.45) is 1.01. The third-order valence-electron chi connectivity index (χ3n) is 2.52.